The molecule has 26 heavy (non-hydrogen) atoms. The van der Waals surface area contributed by atoms with Crippen molar-refractivity contribution in [2.45, 2.75) is 33.5 Å². The number of rotatable bonds is 6. The van der Waals surface area contributed by atoms with E-state index in [0.717, 1.165) is 24.2 Å². The van der Waals surface area contributed by atoms with Gasteiger partial charge in [0.2, 0.25) is 0 Å². The Morgan fingerprint density at radius 2 is 1.96 bits per heavy atom. The summed E-state index contributed by atoms with van der Waals surface area (Å²) in [6.45, 7) is 5.98. The van der Waals surface area contributed by atoms with Gasteiger partial charge in [-0.15, -0.1) is 21.5 Å². The molecular formula is C19H24N6S. The smallest absolute Gasteiger partial charge is 0.192 e. The van der Waals surface area contributed by atoms with Crippen molar-refractivity contribution in [2.24, 2.45) is 12.0 Å². The van der Waals surface area contributed by atoms with Gasteiger partial charge in [-0.3, -0.25) is 0 Å². The van der Waals surface area contributed by atoms with Crippen LogP contribution in [0.2, 0.25) is 0 Å². The van der Waals surface area contributed by atoms with Crippen molar-refractivity contribution >= 4 is 17.3 Å². The number of aromatic nitrogens is 3. The van der Waals surface area contributed by atoms with Crippen molar-refractivity contribution in [1.29, 1.82) is 0 Å². The summed E-state index contributed by atoms with van der Waals surface area (Å²) in [5, 5.41) is 17.1. The van der Waals surface area contributed by atoms with Gasteiger partial charge in [0.05, 0.1) is 19.6 Å². The Balaban J connectivity index is 1.67. The summed E-state index contributed by atoms with van der Waals surface area (Å²) in [5.74, 6) is 2.54. The first-order chi connectivity index (χ1) is 12.6. The second kappa shape index (κ2) is 8.62. The van der Waals surface area contributed by atoms with Gasteiger partial charge < -0.3 is 15.2 Å². The molecule has 0 spiro atoms. The van der Waals surface area contributed by atoms with Gasteiger partial charge in [0, 0.05) is 11.9 Å². The minimum absolute atomic E-state index is 0.571. The van der Waals surface area contributed by atoms with E-state index < -0.39 is 0 Å². The van der Waals surface area contributed by atoms with Crippen LogP contribution in [0.1, 0.15) is 27.7 Å². The molecular weight excluding hydrogens is 344 g/mol. The number of hydrogen-bond donors (Lipinski definition) is 2. The molecule has 0 aliphatic heterocycles. The highest BCUT2D eigenvalue weighted by atomic mass is 32.1. The van der Waals surface area contributed by atoms with E-state index >= 15 is 0 Å². The van der Waals surface area contributed by atoms with Crippen LogP contribution in [0.25, 0.3) is 0 Å². The molecule has 1 aromatic carbocycles. The highest BCUT2D eigenvalue weighted by Gasteiger charge is 2.06. The van der Waals surface area contributed by atoms with Crippen LogP contribution in [0.5, 0.6) is 0 Å². The van der Waals surface area contributed by atoms with E-state index in [2.05, 4.69) is 69.5 Å². The molecule has 0 atom stereocenters. The molecule has 3 aromatic rings. The maximum atomic E-state index is 4.73. The molecule has 136 valence electrons. The topological polar surface area (TPSA) is 67.1 Å². The van der Waals surface area contributed by atoms with E-state index in [4.69, 9.17) is 4.99 Å². The Kier molecular flexibility index (Phi) is 6.01. The van der Waals surface area contributed by atoms with Crippen molar-refractivity contribution in [2.75, 3.05) is 0 Å². The lowest BCUT2D eigenvalue weighted by atomic mass is 10.1. The van der Waals surface area contributed by atoms with E-state index in [0.29, 0.717) is 13.1 Å². The van der Waals surface area contributed by atoms with Crippen LogP contribution in [0.15, 0.2) is 46.8 Å². The number of nitrogens with one attached hydrogen (secondary N) is 2. The lowest BCUT2D eigenvalue weighted by molar-refractivity contribution is 0.715. The zero-order valence-electron chi connectivity index (χ0n) is 15.4. The zero-order chi connectivity index (χ0) is 18.4. The molecule has 6 nitrogen and oxygen atoms in total. The van der Waals surface area contributed by atoms with Crippen LogP contribution < -0.4 is 10.6 Å². The average molecular weight is 369 g/mol. The monoisotopic (exact) mass is 368 g/mol. The molecule has 0 aliphatic carbocycles. The molecule has 0 amide bonds. The molecule has 0 aliphatic rings. The Bertz CT molecular complexity index is 866. The summed E-state index contributed by atoms with van der Waals surface area (Å²) in [6.07, 6.45) is 0. The summed E-state index contributed by atoms with van der Waals surface area (Å²) >= 11 is 1.73. The third kappa shape index (κ3) is 4.92. The molecule has 0 saturated heterocycles. The number of guanidine groups is 1. The van der Waals surface area contributed by atoms with Crippen LogP contribution in [0.4, 0.5) is 0 Å². The fourth-order valence-corrected chi connectivity index (χ4v) is 3.15. The van der Waals surface area contributed by atoms with Gasteiger partial charge in [-0.05, 0) is 30.9 Å². The number of benzene rings is 1. The van der Waals surface area contributed by atoms with Crippen LogP contribution in [-0.4, -0.2) is 20.7 Å². The average Bonchev–Trinajstić information content (AvgIpc) is 3.26. The molecule has 0 bridgehead atoms. The zero-order valence-corrected chi connectivity index (χ0v) is 16.2. The number of thiophene rings is 1. The minimum atomic E-state index is 0.571. The van der Waals surface area contributed by atoms with Crippen molar-refractivity contribution in [1.82, 2.24) is 25.4 Å². The third-order valence-corrected chi connectivity index (χ3v) is 4.99. The Morgan fingerprint density at radius 3 is 2.65 bits per heavy atom. The van der Waals surface area contributed by atoms with Gasteiger partial charge in [0.1, 0.15) is 5.82 Å². The number of aliphatic imine (C=N–C) groups is 1. The van der Waals surface area contributed by atoms with Crippen LogP contribution in [0, 0.1) is 13.8 Å². The molecule has 2 heterocycles. The normalized spacial score (nSPS) is 11.6. The molecule has 0 saturated carbocycles. The van der Waals surface area contributed by atoms with E-state index in [1.54, 1.807) is 11.3 Å². The number of nitrogens with zero attached hydrogens (tertiary/aromatic N) is 4. The molecule has 0 unspecified atom stereocenters. The predicted molar refractivity (Wildman–Crippen MR) is 106 cm³/mol. The van der Waals surface area contributed by atoms with Crippen molar-refractivity contribution in [3.8, 4) is 0 Å². The molecule has 0 fully saturated rings. The SMILES string of the molecule is Cc1cccc(CN=C(NCc2cccs2)NCc2nnc(C)n2C)c1. The largest absolute Gasteiger partial charge is 0.351 e. The molecule has 3 rings (SSSR count). The molecule has 2 aromatic heterocycles. The van der Waals surface area contributed by atoms with E-state index in [1.165, 1.54) is 16.0 Å². The maximum Gasteiger partial charge on any atom is 0.192 e. The van der Waals surface area contributed by atoms with Gasteiger partial charge in [-0.2, -0.15) is 0 Å². The standard InChI is InChI=1S/C19H24N6S/c1-14-6-4-7-16(10-14)11-20-19(21-12-17-8-5-9-26-17)22-13-18-24-23-15(2)25(18)3/h4-10H,11-13H2,1-3H3,(H2,20,21,22). The maximum absolute atomic E-state index is 4.73. The van der Waals surface area contributed by atoms with Gasteiger partial charge in [-0.1, -0.05) is 35.9 Å². The van der Waals surface area contributed by atoms with Crippen molar-refractivity contribution in [3.63, 3.8) is 0 Å². The Hall–Kier alpha value is -2.67. The highest BCUT2D eigenvalue weighted by Crippen LogP contribution is 2.08. The Morgan fingerprint density at radius 1 is 1.12 bits per heavy atom. The summed E-state index contributed by atoms with van der Waals surface area (Å²) in [6, 6.07) is 12.6. The van der Waals surface area contributed by atoms with Gasteiger partial charge in [0.15, 0.2) is 11.8 Å². The second-order valence-electron chi connectivity index (χ2n) is 6.16. The quantitative estimate of drug-likeness (QED) is 0.519. The first-order valence-electron chi connectivity index (χ1n) is 8.57. The lowest BCUT2D eigenvalue weighted by Gasteiger charge is -2.12. The highest BCUT2D eigenvalue weighted by molar-refractivity contribution is 7.09. The van der Waals surface area contributed by atoms with E-state index in [9.17, 15) is 0 Å². The van der Waals surface area contributed by atoms with Gasteiger partial charge in [-0.25, -0.2) is 4.99 Å². The first kappa shape index (κ1) is 18.1. The van der Waals surface area contributed by atoms with Crippen molar-refractivity contribution < 1.29 is 0 Å². The summed E-state index contributed by atoms with van der Waals surface area (Å²) in [5.41, 5.74) is 2.44. The fourth-order valence-electron chi connectivity index (χ4n) is 2.51. The van der Waals surface area contributed by atoms with Gasteiger partial charge in [0.25, 0.3) is 0 Å². The van der Waals surface area contributed by atoms with Crippen LogP contribution >= 0.6 is 11.3 Å². The second-order valence-corrected chi connectivity index (χ2v) is 7.20. The summed E-state index contributed by atoms with van der Waals surface area (Å²) in [4.78, 5) is 6.00. The predicted octanol–water partition coefficient (Wildman–Crippen LogP) is 2.93. The first-order valence-corrected chi connectivity index (χ1v) is 9.45. The van der Waals surface area contributed by atoms with Gasteiger partial charge >= 0.3 is 0 Å². The summed E-state index contributed by atoms with van der Waals surface area (Å²) < 4.78 is 1.98. The lowest BCUT2D eigenvalue weighted by Crippen LogP contribution is -2.37. The minimum Gasteiger partial charge on any atom is -0.351 e. The van der Waals surface area contributed by atoms with Crippen LogP contribution in [0.3, 0.4) is 0 Å². The van der Waals surface area contributed by atoms with Crippen LogP contribution in [-0.2, 0) is 26.7 Å². The number of aryl methyl sites for hydroxylation is 2. The Labute approximate surface area is 158 Å². The number of hydrogen-bond acceptors (Lipinski definition) is 4. The molecule has 0 radical (unpaired) electrons. The third-order valence-electron chi connectivity index (χ3n) is 4.11. The summed E-state index contributed by atoms with van der Waals surface area (Å²) in [7, 11) is 1.97. The van der Waals surface area contributed by atoms with Crippen molar-refractivity contribution in [3.05, 3.63) is 69.4 Å². The fraction of sp³-hybridized carbons (Fsp3) is 0.316. The van der Waals surface area contributed by atoms with E-state index in [-0.39, 0.29) is 0 Å². The molecule has 7 heteroatoms. The van der Waals surface area contributed by atoms with E-state index in [1.807, 2.05) is 18.5 Å². The molecule has 2 N–H and O–H groups in total.